The first kappa shape index (κ1) is 31.7. The third-order valence-corrected chi connectivity index (χ3v) is 11.2. The summed E-state index contributed by atoms with van der Waals surface area (Å²) in [6.45, 7) is -0.665. The van der Waals surface area contributed by atoms with Crippen LogP contribution in [0.15, 0.2) is 60.9 Å². The lowest BCUT2D eigenvalue weighted by molar-refractivity contribution is -0.116. The van der Waals surface area contributed by atoms with Crippen LogP contribution in [0.2, 0.25) is 5.02 Å². The molecule has 1 fully saturated rings. The van der Waals surface area contributed by atoms with E-state index in [4.69, 9.17) is 21.1 Å². The highest BCUT2D eigenvalue weighted by molar-refractivity contribution is 8.72. The zero-order chi connectivity index (χ0) is 31.3. The van der Waals surface area contributed by atoms with Crippen molar-refractivity contribution in [2.24, 2.45) is 0 Å². The topological polar surface area (TPSA) is 160 Å². The number of carbonyl (C=O) groups excluding carboxylic acids is 1. The number of rotatable bonds is 12. The molecule has 1 aliphatic heterocycles. The number of amides is 1. The van der Waals surface area contributed by atoms with E-state index in [0.717, 1.165) is 10.8 Å². The predicted molar refractivity (Wildman–Crippen MR) is 167 cm³/mol. The van der Waals surface area contributed by atoms with Crippen molar-refractivity contribution in [3.63, 3.8) is 0 Å². The number of hydrogen-bond donors (Lipinski definition) is 4. The molecule has 2 atom stereocenters. The number of fused-ring (bicyclic) bond motifs is 1. The largest absolute Gasteiger partial charge is 0.489 e. The average Bonchev–Trinajstić information content (AvgIpc) is 3.32. The number of halogens is 2. The molecule has 0 radical (unpaired) electrons. The maximum absolute atomic E-state index is 13.5. The molecule has 0 spiro atoms. The average molecular weight is 663 g/mol. The Morgan fingerprint density at radius 1 is 1.14 bits per heavy atom. The van der Waals surface area contributed by atoms with Crippen LogP contribution in [-0.2, 0) is 20.3 Å². The summed E-state index contributed by atoms with van der Waals surface area (Å²) in [5, 5.41) is 24.9. The summed E-state index contributed by atoms with van der Waals surface area (Å²) in [4.78, 5) is 21.6. The van der Waals surface area contributed by atoms with E-state index in [2.05, 4.69) is 20.6 Å². The number of nitrogens with zero attached hydrogens (tertiary/aromatic N) is 2. The van der Waals surface area contributed by atoms with Crippen LogP contribution in [0.4, 0.5) is 21.6 Å². The molecule has 4 aromatic rings. The second-order valence-electron chi connectivity index (χ2n) is 9.90. The third-order valence-electron chi connectivity index (χ3n) is 6.64. The predicted octanol–water partition coefficient (Wildman–Crippen LogP) is 4.64. The number of ether oxygens (including phenoxy) is 2. The molecular formula is C29H28ClFN4O7S2. The molecule has 44 heavy (non-hydrogen) atoms. The molecule has 1 aromatic heterocycles. The molecule has 232 valence electrons. The molecule has 3 aromatic carbocycles. The SMILES string of the molecule is O=C(CC1CCSS1(=O)=O)Nc1cc2c(Nc3ccc(OCc4cccc(F)c4)c(Cl)c3)ncnc2cc1OCC(O)CO. The van der Waals surface area contributed by atoms with Gasteiger partial charge in [-0.3, -0.25) is 4.79 Å². The molecule has 11 nitrogen and oxygen atoms in total. The third kappa shape index (κ3) is 7.87. The molecule has 1 amide bonds. The number of anilines is 3. The highest BCUT2D eigenvalue weighted by Gasteiger charge is 2.34. The number of nitrogens with one attached hydrogen (secondary N) is 2. The van der Waals surface area contributed by atoms with Gasteiger partial charge in [0.05, 0.1) is 28.1 Å². The number of aliphatic hydroxyl groups excluding tert-OH is 2. The van der Waals surface area contributed by atoms with E-state index in [-0.39, 0.29) is 36.9 Å². The molecule has 0 saturated carbocycles. The maximum Gasteiger partial charge on any atom is 0.225 e. The van der Waals surface area contributed by atoms with Gasteiger partial charge in [0, 0.05) is 29.3 Å². The van der Waals surface area contributed by atoms with Crippen LogP contribution < -0.4 is 20.1 Å². The summed E-state index contributed by atoms with van der Waals surface area (Å²) in [6, 6.07) is 14.2. The first-order chi connectivity index (χ1) is 21.1. The smallest absolute Gasteiger partial charge is 0.225 e. The monoisotopic (exact) mass is 662 g/mol. The lowest BCUT2D eigenvalue weighted by atomic mass is 10.1. The highest BCUT2D eigenvalue weighted by Crippen LogP contribution is 2.36. The van der Waals surface area contributed by atoms with Gasteiger partial charge in [-0.25, -0.2) is 22.8 Å². The van der Waals surface area contributed by atoms with Crippen molar-refractivity contribution in [1.29, 1.82) is 0 Å². The Hall–Kier alpha value is -3.69. The highest BCUT2D eigenvalue weighted by atomic mass is 35.5. The Bertz CT molecular complexity index is 1780. The van der Waals surface area contributed by atoms with Crippen molar-refractivity contribution in [1.82, 2.24) is 9.97 Å². The fourth-order valence-corrected chi connectivity index (χ4v) is 8.42. The molecule has 0 aliphatic carbocycles. The number of aromatic nitrogens is 2. The standard InChI is InChI=1S/C29H28ClFN4O7S2/c30-23-9-19(4-5-26(23)41-14-17-2-1-3-18(31)8-17)34-29-22-11-25(35-28(38)10-21-6-7-43-44(21,39)40)27(42-15-20(37)13-36)12-24(22)32-16-33-29/h1-5,8-9,11-12,16,20-21,36-37H,6-7,10,13-15H2,(H,35,38)(H,32,33,34). The van der Waals surface area contributed by atoms with Gasteiger partial charge in [0.25, 0.3) is 0 Å². The van der Waals surface area contributed by atoms with E-state index in [9.17, 15) is 27.8 Å². The van der Waals surface area contributed by atoms with Crippen LogP contribution in [-0.4, -0.2) is 64.8 Å². The molecule has 15 heteroatoms. The van der Waals surface area contributed by atoms with Crippen LogP contribution >= 0.6 is 22.4 Å². The Balaban J connectivity index is 1.38. The van der Waals surface area contributed by atoms with Gasteiger partial charge in [0.1, 0.15) is 48.8 Å². The van der Waals surface area contributed by atoms with Gasteiger partial charge in [-0.15, -0.1) is 0 Å². The first-order valence-electron chi connectivity index (χ1n) is 13.4. The van der Waals surface area contributed by atoms with Crippen LogP contribution in [0.5, 0.6) is 11.5 Å². The van der Waals surface area contributed by atoms with E-state index in [1.165, 1.54) is 18.5 Å². The molecule has 0 bridgehead atoms. The second kappa shape index (κ2) is 13.9. The maximum atomic E-state index is 13.5. The van der Waals surface area contributed by atoms with Gasteiger partial charge in [-0.05, 0) is 59.2 Å². The van der Waals surface area contributed by atoms with Crippen molar-refractivity contribution >= 4 is 65.3 Å². The minimum Gasteiger partial charge on any atom is -0.489 e. The molecule has 1 aliphatic rings. The normalized spacial score (nSPS) is 16.4. The summed E-state index contributed by atoms with van der Waals surface area (Å²) in [5.74, 6) is 0.466. The molecule has 4 N–H and O–H groups in total. The van der Waals surface area contributed by atoms with Crippen LogP contribution in [0.3, 0.4) is 0 Å². The molecule has 1 saturated heterocycles. The first-order valence-corrected chi connectivity index (χ1v) is 16.9. The zero-order valence-corrected chi connectivity index (χ0v) is 25.5. The van der Waals surface area contributed by atoms with Gasteiger partial charge in [0.2, 0.25) is 14.8 Å². The molecular weight excluding hydrogens is 635 g/mol. The van der Waals surface area contributed by atoms with Gasteiger partial charge < -0.3 is 30.3 Å². The van der Waals surface area contributed by atoms with E-state index in [1.54, 1.807) is 42.5 Å². The summed E-state index contributed by atoms with van der Waals surface area (Å²) in [7, 11) is -2.57. The zero-order valence-electron chi connectivity index (χ0n) is 23.1. The second-order valence-corrected chi connectivity index (χ2v) is 14.7. The van der Waals surface area contributed by atoms with Crippen LogP contribution in [0.1, 0.15) is 18.4 Å². The fraction of sp³-hybridized carbons (Fsp3) is 0.276. The quantitative estimate of drug-likeness (QED) is 0.157. The van der Waals surface area contributed by atoms with Gasteiger partial charge >= 0.3 is 0 Å². The van der Waals surface area contributed by atoms with Crippen molar-refractivity contribution in [3.8, 4) is 11.5 Å². The lowest BCUT2D eigenvalue weighted by Gasteiger charge is -2.17. The van der Waals surface area contributed by atoms with Crippen molar-refractivity contribution in [2.75, 3.05) is 29.6 Å². The Morgan fingerprint density at radius 2 is 1.98 bits per heavy atom. The van der Waals surface area contributed by atoms with Gasteiger partial charge in [-0.1, -0.05) is 23.7 Å². The minimum absolute atomic E-state index is 0.126. The molecule has 2 unspecified atom stereocenters. The molecule has 5 rings (SSSR count). The van der Waals surface area contributed by atoms with Crippen LogP contribution in [0.25, 0.3) is 10.9 Å². The van der Waals surface area contributed by atoms with Crippen LogP contribution in [0, 0.1) is 5.82 Å². The fourth-order valence-electron chi connectivity index (χ4n) is 4.41. The van der Waals surface area contributed by atoms with Gasteiger partial charge in [0.15, 0.2) is 0 Å². The number of benzene rings is 3. The minimum atomic E-state index is -3.41. The van der Waals surface area contributed by atoms with Crippen molar-refractivity contribution in [3.05, 3.63) is 77.3 Å². The van der Waals surface area contributed by atoms with Gasteiger partial charge in [-0.2, -0.15) is 0 Å². The molecule has 2 heterocycles. The summed E-state index contributed by atoms with van der Waals surface area (Å²) >= 11 is 6.46. The van der Waals surface area contributed by atoms with E-state index in [1.807, 2.05) is 0 Å². The van der Waals surface area contributed by atoms with E-state index >= 15 is 0 Å². The Labute approximate surface area is 261 Å². The van der Waals surface area contributed by atoms with Crippen molar-refractivity contribution < 1.29 is 37.3 Å². The van der Waals surface area contributed by atoms with E-state index < -0.39 is 32.7 Å². The number of hydrogen-bond acceptors (Lipinski definition) is 11. The number of carbonyl (C=O) groups is 1. The summed E-state index contributed by atoms with van der Waals surface area (Å²) in [5.41, 5.74) is 1.85. The Morgan fingerprint density at radius 3 is 2.70 bits per heavy atom. The summed E-state index contributed by atoms with van der Waals surface area (Å²) in [6.07, 6.45) is 0.316. The van der Waals surface area contributed by atoms with E-state index in [0.29, 0.717) is 50.9 Å². The Kier molecular flexibility index (Phi) is 10.1. The number of aliphatic hydroxyl groups is 2. The summed E-state index contributed by atoms with van der Waals surface area (Å²) < 4.78 is 49.4. The van der Waals surface area contributed by atoms with Crippen molar-refractivity contribution in [2.45, 2.75) is 30.8 Å². The lowest BCUT2D eigenvalue weighted by Crippen LogP contribution is -2.24.